The molecule has 1 radical (unpaired) electrons. The fraction of sp³-hybridized carbons (Fsp3) is 0.250. The fourth-order valence-corrected chi connectivity index (χ4v) is 2.17. The van der Waals surface area contributed by atoms with Crippen molar-refractivity contribution in [1.82, 2.24) is 4.90 Å². The minimum Gasteiger partial charge on any atom is -0.483 e. The minimum atomic E-state index is -0.321. The molecule has 0 bridgehead atoms. The number of rotatable bonds is 4. The third kappa shape index (κ3) is 4.21. The topological polar surface area (TPSA) is 12.5 Å². The third-order valence-electron chi connectivity index (χ3n) is 3.16. The minimum absolute atomic E-state index is 0. The zero-order valence-electron chi connectivity index (χ0n) is 12.4. The van der Waals surface area contributed by atoms with E-state index in [9.17, 15) is 4.39 Å². The van der Waals surface area contributed by atoms with Crippen molar-refractivity contribution in [3.63, 3.8) is 0 Å². The first-order chi connectivity index (χ1) is 9.54. The van der Waals surface area contributed by atoms with Crippen molar-refractivity contribution in [2.45, 2.75) is 6.92 Å². The van der Waals surface area contributed by atoms with Crippen molar-refractivity contribution in [3.05, 3.63) is 59.6 Å². The Morgan fingerprint density at radius 1 is 1.43 bits per heavy atom. The van der Waals surface area contributed by atoms with Crippen LogP contribution in [0.5, 0.6) is 5.75 Å². The largest absolute Gasteiger partial charge is 0.483 e. The van der Waals surface area contributed by atoms with Gasteiger partial charge in [0.2, 0.25) is 0 Å². The molecule has 1 aliphatic heterocycles. The van der Waals surface area contributed by atoms with Crippen LogP contribution in [-0.2, 0) is 32.7 Å². The normalized spacial score (nSPS) is 14.3. The van der Waals surface area contributed by atoms with Gasteiger partial charge in [0.15, 0.2) is 0 Å². The van der Waals surface area contributed by atoms with E-state index in [4.69, 9.17) is 4.74 Å². The maximum absolute atomic E-state index is 14.2. The van der Waals surface area contributed by atoms with E-state index >= 15 is 0 Å². The van der Waals surface area contributed by atoms with Gasteiger partial charge in [-0.05, 0) is 18.0 Å². The Kier molecular flexibility index (Phi) is 7.18. The van der Waals surface area contributed by atoms with E-state index in [1.807, 2.05) is 31.2 Å². The zero-order valence-corrected chi connectivity index (χ0v) is 16.1. The summed E-state index contributed by atoms with van der Waals surface area (Å²) in [5, 5.41) is 0. The Labute approximate surface area is 155 Å². The number of allylic oxidation sites excluding steroid dienone is 3. The molecule has 0 saturated carbocycles. The molecule has 109 valence electrons. The molecule has 1 aliphatic rings. The second kappa shape index (κ2) is 8.16. The van der Waals surface area contributed by atoms with Crippen molar-refractivity contribution in [2.24, 2.45) is 0 Å². The molecule has 0 N–H and O–H groups in total. The summed E-state index contributed by atoms with van der Waals surface area (Å²) in [5.74, 6) is 0.718. The van der Waals surface area contributed by atoms with Gasteiger partial charge in [-0.2, -0.15) is 12.2 Å². The second-order valence-electron chi connectivity index (χ2n) is 4.52. The first-order valence-electron chi connectivity index (χ1n) is 6.19. The standard InChI is InChI=1S/C16H17FNOS.Y/c1-11-5-8-16(18(3)12(11)2)14-7-6-13(9-15(14)17)19-10-20-4;/h5-7,9H,2,10H2,1,3-4H3;/q-1;. The van der Waals surface area contributed by atoms with Gasteiger partial charge in [0.05, 0.1) is 5.82 Å². The molecule has 5 heteroatoms. The van der Waals surface area contributed by atoms with Gasteiger partial charge in [0.1, 0.15) is 11.7 Å². The van der Waals surface area contributed by atoms with Crippen LogP contribution in [0.15, 0.2) is 42.1 Å². The molecule has 0 saturated heterocycles. The van der Waals surface area contributed by atoms with Gasteiger partial charge in [-0.15, -0.1) is 23.4 Å². The van der Waals surface area contributed by atoms with E-state index in [0.717, 1.165) is 11.3 Å². The molecular formula is C16H17FNOSY-. The van der Waals surface area contributed by atoms with Gasteiger partial charge in [0.25, 0.3) is 0 Å². The Bertz CT molecular complexity index is 598. The van der Waals surface area contributed by atoms with Crippen molar-refractivity contribution >= 4 is 17.5 Å². The first kappa shape index (κ1) is 18.5. The molecular weight excluding hydrogens is 362 g/mol. The van der Waals surface area contributed by atoms with Crippen LogP contribution in [-0.4, -0.2) is 24.1 Å². The number of nitrogens with zero attached hydrogens (tertiary/aromatic N) is 1. The van der Waals surface area contributed by atoms with Gasteiger partial charge >= 0.3 is 0 Å². The number of hydrogen-bond acceptors (Lipinski definition) is 3. The second-order valence-corrected chi connectivity index (χ2v) is 5.33. The van der Waals surface area contributed by atoms with E-state index < -0.39 is 0 Å². The van der Waals surface area contributed by atoms with Crippen LogP contribution >= 0.6 is 11.8 Å². The van der Waals surface area contributed by atoms with E-state index in [-0.39, 0.29) is 38.5 Å². The van der Waals surface area contributed by atoms with Crippen molar-refractivity contribution in [1.29, 1.82) is 0 Å². The number of ether oxygens (including phenoxy) is 1. The molecule has 0 unspecified atom stereocenters. The van der Waals surface area contributed by atoms with E-state index in [1.165, 1.54) is 6.07 Å². The van der Waals surface area contributed by atoms with Gasteiger partial charge in [0, 0.05) is 45.8 Å². The Hall–Kier alpha value is -0.576. The third-order valence-corrected chi connectivity index (χ3v) is 3.51. The molecule has 0 amide bonds. The first-order valence-corrected chi connectivity index (χ1v) is 7.59. The summed E-state index contributed by atoms with van der Waals surface area (Å²) in [5.41, 5.74) is 3.04. The number of hydrogen-bond donors (Lipinski definition) is 0. The summed E-state index contributed by atoms with van der Waals surface area (Å²) in [6, 6.07) is 4.89. The Morgan fingerprint density at radius 2 is 2.14 bits per heavy atom. The molecule has 1 heterocycles. The molecule has 1 aromatic rings. The molecule has 1 aromatic carbocycles. The number of likely N-dealkylation sites (N-methyl/N-ethyl adjacent to an activating group) is 1. The fourth-order valence-electron chi connectivity index (χ4n) is 1.92. The predicted octanol–water partition coefficient (Wildman–Crippen LogP) is 4.07. The van der Waals surface area contributed by atoms with Crippen LogP contribution in [0, 0.1) is 11.9 Å². The summed E-state index contributed by atoms with van der Waals surface area (Å²) >= 11 is 1.55. The van der Waals surface area contributed by atoms with Gasteiger partial charge < -0.3 is 9.64 Å². The maximum atomic E-state index is 14.2. The Morgan fingerprint density at radius 3 is 2.76 bits per heavy atom. The zero-order chi connectivity index (χ0) is 14.7. The van der Waals surface area contributed by atoms with Crippen LogP contribution in [0.1, 0.15) is 12.5 Å². The molecule has 0 aromatic heterocycles. The van der Waals surface area contributed by atoms with Gasteiger partial charge in [-0.25, -0.2) is 4.39 Å². The van der Waals surface area contributed by atoms with Crippen LogP contribution in [0.25, 0.3) is 5.70 Å². The van der Waals surface area contributed by atoms with Crippen molar-refractivity contribution in [2.75, 3.05) is 19.2 Å². The van der Waals surface area contributed by atoms with E-state index in [2.05, 4.69) is 12.7 Å². The van der Waals surface area contributed by atoms with E-state index in [1.54, 1.807) is 23.9 Å². The Balaban J connectivity index is 0.00000220. The summed E-state index contributed by atoms with van der Waals surface area (Å²) in [6.45, 7) is 5.94. The number of halogens is 1. The number of thioether (sulfide) groups is 1. The summed E-state index contributed by atoms with van der Waals surface area (Å²) in [6.07, 6.45) is 6.86. The summed E-state index contributed by atoms with van der Waals surface area (Å²) < 4.78 is 19.6. The van der Waals surface area contributed by atoms with Crippen LogP contribution in [0.4, 0.5) is 4.39 Å². The summed E-state index contributed by atoms with van der Waals surface area (Å²) in [4.78, 5) is 1.84. The van der Waals surface area contributed by atoms with Crippen LogP contribution < -0.4 is 4.74 Å². The van der Waals surface area contributed by atoms with Gasteiger partial charge in [-0.1, -0.05) is 24.8 Å². The molecule has 0 fully saturated rings. The maximum Gasteiger partial charge on any atom is 0.133 e. The molecule has 2 rings (SSSR count). The summed E-state index contributed by atoms with van der Waals surface area (Å²) in [7, 11) is 1.86. The molecule has 21 heavy (non-hydrogen) atoms. The molecule has 0 spiro atoms. The van der Waals surface area contributed by atoms with Crippen molar-refractivity contribution < 1.29 is 41.8 Å². The van der Waals surface area contributed by atoms with Crippen LogP contribution in [0.2, 0.25) is 0 Å². The molecule has 0 atom stereocenters. The van der Waals surface area contributed by atoms with Crippen molar-refractivity contribution in [3.8, 4) is 5.75 Å². The average molecular weight is 379 g/mol. The quantitative estimate of drug-likeness (QED) is 0.578. The average Bonchev–Trinajstić information content (AvgIpc) is 2.44. The monoisotopic (exact) mass is 379 g/mol. The smallest absolute Gasteiger partial charge is 0.133 e. The van der Waals surface area contributed by atoms with Crippen LogP contribution in [0.3, 0.4) is 0 Å². The molecule has 2 nitrogen and oxygen atoms in total. The number of benzene rings is 1. The van der Waals surface area contributed by atoms with Gasteiger partial charge in [-0.3, -0.25) is 0 Å². The predicted molar refractivity (Wildman–Crippen MR) is 82.7 cm³/mol. The SMILES string of the molecule is C=C1C(C)=C[C-]=C(c2ccc(OCSC)cc2F)N1C.[Y]. The molecule has 0 aliphatic carbocycles. The van der Waals surface area contributed by atoms with E-state index in [0.29, 0.717) is 22.9 Å².